The van der Waals surface area contributed by atoms with Gasteiger partial charge in [0.15, 0.2) is 5.88 Å². The monoisotopic (exact) mass is 640 g/mol. The maximum Gasteiger partial charge on any atom is 0.303 e. The highest BCUT2D eigenvalue weighted by molar-refractivity contribution is 7.80. The number of rotatable bonds is 12. The van der Waals surface area contributed by atoms with E-state index in [0.29, 0.717) is 33.9 Å². The predicted octanol–water partition coefficient (Wildman–Crippen LogP) is 2.63. The van der Waals surface area contributed by atoms with Crippen LogP contribution in [-0.4, -0.2) is 66.6 Å². The Morgan fingerprint density at radius 1 is 1.07 bits per heavy atom. The molecule has 244 valence electrons. The number of hydrogen-bond acceptors (Lipinski definition) is 8. The van der Waals surface area contributed by atoms with Crippen molar-refractivity contribution in [3.8, 4) is 0 Å². The molecule has 0 saturated carbocycles. The fraction of sp³-hybridized carbons (Fsp3) is 0.485. The van der Waals surface area contributed by atoms with Gasteiger partial charge in [-0.2, -0.15) is 12.6 Å². The molecule has 1 aromatic rings. The number of carboxylic acid groups (broad SMARTS) is 2. The standard InChI is InChI=1S/C33H44N4O7S/c1-6-19-15(2)24(36-33(19)44)11-23-16(3)20(7-9-29(39)40)25(34-23)12-26-21(8-10-30(41)42)22(14-38)27(35-26)13-28-31(18(5)45)17(4)32(43)37-28/h6,12-15,17-18,23-24,28,31,34-36,38,44-45H,1,7-11H2,2-5H3,(H,37,43)(H,39,40)(H,41,42)/b22-14+,25-12-,27-13+/t15?,17-,18-,23?,24-,28?,31+/m1/s1. The van der Waals surface area contributed by atoms with Gasteiger partial charge in [-0.1, -0.05) is 33.4 Å². The van der Waals surface area contributed by atoms with Crippen LogP contribution in [0.25, 0.3) is 18.4 Å². The van der Waals surface area contributed by atoms with Crippen LogP contribution in [0, 0.1) is 17.8 Å². The Labute approximate surface area is 268 Å². The molecule has 0 bridgehead atoms. The van der Waals surface area contributed by atoms with Gasteiger partial charge in [0.1, 0.15) is 0 Å². The van der Waals surface area contributed by atoms with Crippen LogP contribution >= 0.6 is 12.6 Å². The van der Waals surface area contributed by atoms with Crippen molar-refractivity contribution in [3.63, 3.8) is 0 Å². The molecule has 0 aliphatic carbocycles. The van der Waals surface area contributed by atoms with Gasteiger partial charge < -0.3 is 41.4 Å². The van der Waals surface area contributed by atoms with E-state index in [2.05, 4.69) is 40.1 Å². The van der Waals surface area contributed by atoms with Gasteiger partial charge in [-0.3, -0.25) is 14.4 Å². The third-order valence-corrected chi connectivity index (χ3v) is 9.82. The maximum atomic E-state index is 12.5. The summed E-state index contributed by atoms with van der Waals surface area (Å²) in [6.07, 6.45) is 7.04. The van der Waals surface area contributed by atoms with E-state index in [1.165, 1.54) is 0 Å². The SMILES string of the molecule is C=CC1=C(O)N[C@H](CC2N/C(=C\c3[nH]c(=C/C4NC(=O)[C@H](C)[C@H]4[C@@H](C)S)/c(=C/O)c3CCC(=O)O)C(CCC(=O)O)=C2C)C1C. The average Bonchev–Trinajstić information content (AvgIpc) is 3.63. The van der Waals surface area contributed by atoms with Crippen molar-refractivity contribution >= 4 is 48.9 Å². The molecule has 0 aromatic carbocycles. The molecular formula is C33H44N4O7S. The van der Waals surface area contributed by atoms with E-state index in [0.717, 1.165) is 23.0 Å². The number of aliphatic hydroxyl groups is 2. The Balaban J connectivity index is 1.78. The van der Waals surface area contributed by atoms with Gasteiger partial charge in [-0.15, -0.1) is 0 Å². The Morgan fingerprint density at radius 2 is 1.73 bits per heavy atom. The Morgan fingerprint density at radius 3 is 2.31 bits per heavy atom. The predicted molar refractivity (Wildman–Crippen MR) is 176 cm³/mol. The van der Waals surface area contributed by atoms with Crippen LogP contribution in [0.2, 0.25) is 0 Å². The summed E-state index contributed by atoms with van der Waals surface area (Å²) in [5.41, 5.74) is 4.42. The zero-order valence-corrected chi connectivity index (χ0v) is 26.9. The molecule has 3 aliphatic heterocycles. The van der Waals surface area contributed by atoms with Crippen molar-refractivity contribution < 1.29 is 34.8 Å². The van der Waals surface area contributed by atoms with E-state index in [4.69, 9.17) is 0 Å². The number of carbonyl (C=O) groups is 3. The molecule has 11 nitrogen and oxygen atoms in total. The molecule has 1 aromatic heterocycles. The van der Waals surface area contributed by atoms with Crippen molar-refractivity contribution in [1.29, 1.82) is 0 Å². The topological polar surface area (TPSA) is 184 Å². The van der Waals surface area contributed by atoms with E-state index < -0.39 is 11.9 Å². The number of nitrogens with one attached hydrogen (secondary N) is 4. The number of allylic oxidation sites excluding steroid dienone is 2. The molecule has 0 spiro atoms. The smallest absolute Gasteiger partial charge is 0.303 e. The molecule has 8 N–H and O–H groups in total. The van der Waals surface area contributed by atoms with E-state index in [-0.39, 0.29) is 78.6 Å². The summed E-state index contributed by atoms with van der Waals surface area (Å²) in [7, 11) is 0. The fourth-order valence-electron chi connectivity index (χ4n) is 6.92. The molecule has 1 fully saturated rings. The Hall–Kier alpha value is -4.06. The third kappa shape index (κ3) is 7.11. The molecular weight excluding hydrogens is 596 g/mol. The van der Waals surface area contributed by atoms with Crippen LogP contribution in [0.15, 0.2) is 41.0 Å². The number of aliphatic hydroxyl groups excluding tert-OH is 2. The number of H-pyrrole nitrogens is 1. The highest BCUT2D eigenvalue weighted by Gasteiger charge is 2.40. The van der Waals surface area contributed by atoms with Crippen LogP contribution in [0.3, 0.4) is 0 Å². The number of aromatic nitrogens is 1. The molecule has 3 unspecified atom stereocenters. The lowest BCUT2D eigenvalue weighted by Crippen LogP contribution is -2.36. The van der Waals surface area contributed by atoms with Crippen LogP contribution < -0.4 is 26.5 Å². The molecule has 7 atom stereocenters. The van der Waals surface area contributed by atoms with Crippen LogP contribution in [-0.2, 0) is 20.8 Å². The number of carboxylic acids is 2. The van der Waals surface area contributed by atoms with E-state index in [1.54, 1.807) is 6.08 Å². The summed E-state index contributed by atoms with van der Waals surface area (Å²) in [6, 6.07) is -0.596. The molecule has 45 heavy (non-hydrogen) atoms. The number of hydrogen-bond donors (Lipinski definition) is 9. The van der Waals surface area contributed by atoms with Gasteiger partial charge in [-0.25, -0.2) is 0 Å². The van der Waals surface area contributed by atoms with Gasteiger partial charge in [0.25, 0.3) is 0 Å². The number of amides is 1. The number of thiol groups is 1. The minimum Gasteiger partial charge on any atom is -0.515 e. The van der Waals surface area contributed by atoms with Crippen molar-refractivity contribution in [2.24, 2.45) is 17.8 Å². The molecule has 1 saturated heterocycles. The second-order valence-corrected chi connectivity index (χ2v) is 13.1. The fourth-order valence-corrected chi connectivity index (χ4v) is 7.36. The first-order valence-electron chi connectivity index (χ1n) is 15.3. The molecule has 4 heterocycles. The molecule has 12 heteroatoms. The number of carbonyl (C=O) groups excluding carboxylic acids is 1. The quantitative estimate of drug-likeness (QED) is 0.155. The van der Waals surface area contributed by atoms with Crippen molar-refractivity contribution in [1.82, 2.24) is 20.9 Å². The van der Waals surface area contributed by atoms with E-state index >= 15 is 0 Å². The Bertz CT molecular complexity index is 1590. The Kier molecular flexibility index (Phi) is 10.5. The van der Waals surface area contributed by atoms with Gasteiger partial charge in [-0.05, 0) is 55.0 Å². The summed E-state index contributed by atoms with van der Waals surface area (Å²) < 4.78 is 0. The summed E-state index contributed by atoms with van der Waals surface area (Å²) in [5.74, 6) is -2.24. The minimum atomic E-state index is -0.990. The number of aliphatic carboxylic acids is 2. The highest BCUT2D eigenvalue weighted by Crippen LogP contribution is 2.35. The van der Waals surface area contributed by atoms with E-state index in [9.17, 15) is 34.8 Å². The lowest BCUT2D eigenvalue weighted by molar-refractivity contribution is -0.138. The first-order valence-corrected chi connectivity index (χ1v) is 15.8. The molecule has 4 rings (SSSR count). The summed E-state index contributed by atoms with van der Waals surface area (Å²) in [5, 5.41) is 50.2. The van der Waals surface area contributed by atoms with Gasteiger partial charge in [0.05, 0.1) is 12.3 Å². The van der Waals surface area contributed by atoms with Crippen molar-refractivity contribution in [2.75, 3.05) is 0 Å². The third-order valence-electron chi connectivity index (χ3n) is 9.48. The highest BCUT2D eigenvalue weighted by atomic mass is 32.1. The molecule has 0 radical (unpaired) electrons. The maximum absolute atomic E-state index is 12.5. The summed E-state index contributed by atoms with van der Waals surface area (Å²) in [6.45, 7) is 11.6. The molecule has 1 amide bonds. The van der Waals surface area contributed by atoms with Crippen molar-refractivity contribution in [2.45, 2.75) is 83.2 Å². The normalized spacial score (nSPS) is 28.9. The van der Waals surface area contributed by atoms with Crippen LogP contribution in [0.1, 0.15) is 64.6 Å². The first-order chi connectivity index (χ1) is 21.3. The van der Waals surface area contributed by atoms with Crippen LogP contribution in [0.5, 0.6) is 0 Å². The lowest BCUT2D eigenvalue weighted by atomic mass is 9.88. The van der Waals surface area contributed by atoms with Crippen LogP contribution in [0.4, 0.5) is 0 Å². The zero-order chi connectivity index (χ0) is 33.2. The first kappa shape index (κ1) is 33.8. The minimum absolute atomic E-state index is 0.0157. The zero-order valence-electron chi connectivity index (χ0n) is 26.1. The summed E-state index contributed by atoms with van der Waals surface area (Å²) >= 11 is 4.61. The average molecular weight is 641 g/mol. The molecule has 3 aliphatic rings. The van der Waals surface area contributed by atoms with Gasteiger partial charge in [0, 0.05) is 75.5 Å². The lowest BCUT2D eigenvalue weighted by Gasteiger charge is -2.23. The second-order valence-electron chi connectivity index (χ2n) is 12.3. The van der Waals surface area contributed by atoms with Gasteiger partial charge in [0.2, 0.25) is 5.91 Å². The number of aromatic amines is 1. The van der Waals surface area contributed by atoms with Crippen molar-refractivity contribution in [3.05, 3.63) is 62.8 Å². The van der Waals surface area contributed by atoms with Gasteiger partial charge >= 0.3 is 11.9 Å². The second kappa shape index (κ2) is 13.9. The van der Waals surface area contributed by atoms with E-state index in [1.807, 2.05) is 39.8 Å². The largest absolute Gasteiger partial charge is 0.515 e. The summed E-state index contributed by atoms with van der Waals surface area (Å²) in [4.78, 5) is 39.0.